The van der Waals surface area contributed by atoms with Crippen molar-refractivity contribution >= 4 is 5.97 Å². The van der Waals surface area contributed by atoms with Crippen LogP contribution < -0.4 is 0 Å². The van der Waals surface area contributed by atoms with E-state index in [1.807, 2.05) is 0 Å². The van der Waals surface area contributed by atoms with Gasteiger partial charge in [-0.2, -0.15) is 0 Å². The van der Waals surface area contributed by atoms with Gasteiger partial charge in [-0.15, -0.1) is 0 Å². The molecular weight excluding hydrogens is 276 g/mol. The molecule has 1 unspecified atom stereocenters. The fourth-order valence-electron chi connectivity index (χ4n) is 3.67. The number of carbonyl (C=O) groups is 1. The molecule has 2 aliphatic rings. The van der Waals surface area contributed by atoms with Crippen molar-refractivity contribution in [1.29, 1.82) is 0 Å². The highest BCUT2D eigenvalue weighted by Gasteiger charge is 2.26. The van der Waals surface area contributed by atoms with E-state index in [-0.39, 0.29) is 5.92 Å². The van der Waals surface area contributed by atoms with E-state index in [2.05, 4.69) is 29.0 Å². The Morgan fingerprint density at radius 2 is 2.05 bits per heavy atom. The van der Waals surface area contributed by atoms with E-state index in [1.165, 1.54) is 30.4 Å². The van der Waals surface area contributed by atoms with E-state index in [0.29, 0.717) is 12.8 Å². The number of aromatic nitrogens is 2. The van der Waals surface area contributed by atoms with Gasteiger partial charge in [-0.05, 0) is 49.3 Å². The molecule has 4 rings (SSSR count). The second-order valence-electron chi connectivity index (χ2n) is 6.45. The summed E-state index contributed by atoms with van der Waals surface area (Å²) in [5, 5.41) is 9.18. The fraction of sp³-hybridized carbons (Fsp3) is 0.444. The molecule has 4 nitrogen and oxygen atoms in total. The minimum atomic E-state index is -0.704. The molecule has 0 amide bonds. The summed E-state index contributed by atoms with van der Waals surface area (Å²) in [6.07, 6.45) is 8.24. The first-order chi connectivity index (χ1) is 10.7. The van der Waals surface area contributed by atoms with E-state index in [9.17, 15) is 9.90 Å². The van der Waals surface area contributed by atoms with Gasteiger partial charge in [0.05, 0.1) is 11.6 Å². The first kappa shape index (κ1) is 13.6. The number of hydrogen-bond acceptors (Lipinski definition) is 2. The van der Waals surface area contributed by atoms with E-state index >= 15 is 0 Å². The zero-order valence-electron chi connectivity index (χ0n) is 12.6. The van der Waals surface area contributed by atoms with Crippen LogP contribution in [0.15, 0.2) is 24.4 Å². The molecule has 2 heterocycles. The average molecular weight is 296 g/mol. The molecule has 4 heteroatoms. The van der Waals surface area contributed by atoms with Gasteiger partial charge in [-0.25, -0.2) is 4.98 Å². The van der Waals surface area contributed by atoms with Crippen LogP contribution in [0.5, 0.6) is 0 Å². The molecule has 22 heavy (non-hydrogen) atoms. The topological polar surface area (TPSA) is 55.1 Å². The smallest absolute Gasteiger partial charge is 0.307 e. The van der Waals surface area contributed by atoms with Crippen LogP contribution in [0.4, 0.5) is 0 Å². The largest absolute Gasteiger partial charge is 0.481 e. The lowest BCUT2D eigenvalue weighted by molar-refractivity contribution is -0.142. The molecular formula is C18H20N2O2. The number of rotatable bonds is 2. The third-order valence-electron chi connectivity index (χ3n) is 5.00. The lowest BCUT2D eigenvalue weighted by Crippen LogP contribution is -2.25. The number of aryl methyl sites for hydroxylation is 3. The molecule has 0 spiro atoms. The highest BCUT2D eigenvalue weighted by Crippen LogP contribution is 2.29. The molecule has 0 radical (unpaired) electrons. The molecule has 1 N–H and O–H groups in total. The number of fused-ring (bicyclic) bond motifs is 2. The summed E-state index contributed by atoms with van der Waals surface area (Å²) in [6.45, 7) is 0.754. The minimum absolute atomic E-state index is 0.286. The van der Waals surface area contributed by atoms with E-state index in [0.717, 1.165) is 30.0 Å². The van der Waals surface area contributed by atoms with Gasteiger partial charge >= 0.3 is 5.97 Å². The van der Waals surface area contributed by atoms with Crippen LogP contribution in [-0.2, 0) is 30.6 Å². The highest BCUT2D eigenvalue weighted by molar-refractivity contribution is 5.70. The molecule has 1 aliphatic heterocycles. The third kappa shape index (κ3) is 2.32. The molecule has 0 saturated heterocycles. The van der Waals surface area contributed by atoms with Crippen molar-refractivity contribution in [1.82, 2.24) is 9.55 Å². The first-order valence-electron chi connectivity index (χ1n) is 8.12. The van der Waals surface area contributed by atoms with Crippen molar-refractivity contribution < 1.29 is 9.90 Å². The van der Waals surface area contributed by atoms with Crippen molar-refractivity contribution in [3.05, 3.63) is 41.3 Å². The molecule has 0 fully saturated rings. The van der Waals surface area contributed by atoms with Gasteiger partial charge < -0.3 is 9.67 Å². The summed E-state index contributed by atoms with van der Waals surface area (Å²) in [5.74, 6) is -0.0813. The molecule has 0 bridgehead atoms. The molecule has 1 aromatic carbocycles. The Morgan fingerprint density at radius 3 is 2.86 bits per heavy atom. The Kier molecular flexibility index (Phi) is 3.25. The number of hydrogen-bond donors (Lipinski definition) is 1. The van der Waals surface area contributed by atoms with Gasteiger partial charge in [0.1, 0.15) is 5.82 Å². The number of aliphatic carboxylic acids is 1. The molecule has 1 atom stereocenters. The molecule has 1 aliphatic carbocycles. The summed E-state index contributed by atoms with van der Waals surface area (Å²) in [7, 11) is 0. The van der Waals surface area contributed by atoms with Gasteiger partial charge in [0.2, 0.25) is 0 Å². The van der Waals surface area contributed by atoms with Crippen LogP contribution in [0.25, 0.3) is 11.3 Å². The number of carboxylic acids is 1. The first-order valence-corrected chi connectivity index (χ1v) is 8.12. The zero-order chi connectivity index (χ0) is 15.1. The van der Waals surface area contributed by atoms with Gasteiger partial charge in [0.15, 0.2) is 0 Å². The molecule has 0 saturated carbocycles. The van der Waals surface area contributed by atoms with Crippen molar-refractivity contribution in [2.75, 3.05) is 0 Å². The second-order valence-corrected chi connectivity index (χ2v) is 6.45. The van der Waals surface area contributed by atoms with E-state index in [1.54, 1.807) is 0 Å². The van der Waals surface area contributed by atoms with Crippen molar-refractivity contribution in [2.24, 2.45) is 5.92 Å². The Morgan fingerprint density at radius 1 is 1.23 bits per heavy atom. The average Bonchev–Trinajstić information content (AvgIpc) is 2.97. The Hall–Kier alpha value is -2.10. The maximum absolute atomic E-state index is 11.2. The molecule has 2 aromatic rings. The molecule has 1 aromatic heterocycles. The third-order valence-corrected chi connectivity index (χ3v) is 5.00. The maximum atomic E-state index is 11.2. The van der Waals surface area contributed by atoms with Crippen molar-refractivity contribution in [3.8, 4) is 11.3 Å². The highest BCUT2D eigenvalue weighted by atomic mass is 16.4. The maximum Gasteiger partial charge on any atom is 0.307 e. The van der Waals surface area contributed by atoms with Crippen LogP contribution in [0.2, 0.25) is 0 Å². The summed E-state index contributed by atoms with van der Waals surface area (Å²) in [4.78, 5) is 15.9. The van der Waals surface area contributed by atoms with Gasteiger partial charge in [-0.1, -0.05) is 12.1 Å². The van der Waals surface area contributed by atoms with E-state index < -0.39 is 5.97 Å². The van der Waals surface area contributed by atoms with Gasteiger partial charge in [0.25, 0.3) is 0 Å². The lowest BCUT2D eigenvalue weighted by Gasteiger charge is -2.19. The van der Waals surface area contributed by atoms with Gasteiger partial charge in [-0.3, -0.25) is 4.79 Å². The summed E-state index contributed by atoms with van der Waals surface area (Å²) in [6, 6.07) is 6.67. The number of benzene rings is 1. The van der Waals surface area contributed by atoms with Crippen molar-refractivity contribution in [3.63, 3.8) is 0 Å². The van der Waals surface area contributed by atoms with E-state index in [4.69, 9.17) is 4.98 Å². The molecule has 114 valence electrons. The fourth-order valence-corrected chi connectivity index (χ4v) is 3.67. The van der Waals surface area contributed by atoms with Gasteiger partial charge in [0, 0.05) is 24.7 Å². The summed E-state index contributed by atoms with van der Waals surface area (Å²) in [5.41, 5.74) is 5.08. The Labute approximate surface area is 129 Å². The summed E-state index contributed by atoms with van der Waals surface area (Å²) < 4.78 is 2.12. The predicted octanol–water partition coefficient (Wildman–Crippen LogP) is 3.08. The van der Waals surface area contributed by atoms with Crippen molar-refractivity contribution in [2.45, 2.75) is 45.1 Å². The van der Waals surface area contributed by atoms with Crippen LogP contribution in [0.1, 0.15) is 36.2 Å². The zero-order valence-corrected chi connectivity index (χ0v) is 12.6. The van der Waals surface area contributed by atoms with Crippen LogP contribution >= 0.6 is 0 Å². The summed E-state index contributed by atoms with van der Waals surface area (Å²) >= 11 is 0. The normalized spacial score (nSPS) is 20.3. The quantitative estimate of drug-likeness (QED) is 0.926. The lowest BCUT2D eigenvalue weighted by atomic mass is 9.90. The Bertz CT molecular complexity index is 733. The predicted molar refractivity (Wildman–Crippen MR) is 83.8 cm³/mol. The van der Waals surface area contributed by atoms with Crippen LogP contribution in [0, 0.1) is 5.92 Å². The second kappa shape index (κ2) is 5.27. The standard InChI is InChI=1S/C18H20N2O2/c21-18(22)15-7-8-20-11-16(19-17(20)10-15)14-6-5-12-3-1-2-4-13(12)9-14/h5-6,9,11,15H,1-4,7-8,10H2,(H,21,22). The van der Waals surface area contributed by atoms with Crippen LogP contribution in [0.3, 0.4) is 0 Å². The van der Waals surface area contributed by atoms with Crippen LogP contribution in [-0.4, -0.2) is 20.6 Å². The minimum Gasteiger partial charge on any atom is -0.481 e. The SMILES string of the molecule is O=C(O)C1CCn2cc(-c3ccc4c(c3)CCCC4)nc2C1. The monoisotopic (exact) mass is 296 g/mol. The Balaban J connectivity index is 1.66. The number of imidazole rings is 1. The number of nitrogens with zero attached hydrogens (tertiary/aromatic N) is 2. The number of carboxylic acid groups (broad SMARTS) is 1.